The number of aromatic nitrogens is 2. The molecule has 0 aliphatic rings. The summed E-state index contributed by atoms with van der Waals surface area (Å²) in [6, 6.07) is 0. The van der Waals surface area contributed by atoms with Crippen molar-refractivity contribution in [2.75, 3.05) is 19.6 Å². The first-order valence-electron chi connectivity index (χ1n) is 6.73. The minimum absolute atomic E-state index is 0.323. The fourth-order valence-electron chi connectivity index (χ4n) is 2.00. The molecule has 1 aromatic rings. The number of H-pyrrole nitrogens is 1. The van der Waals surface area contributed by atoms with Crippen molar-refractivity contribution >= 4 is 10.0 Å². The van der Waals surface area contributed by atoms with Crippen LogP contribution in [-0.4, -0.2) is 42.6 Å². The Morgan fingerprint density at radius 2 is 2.00 bits per heavy atom. The van der Waals surface area contributed by atoms with Crippen LogP contribution >= 0.6 is 0 Å². The number of aryl methyl sites for hydroxylation is 1. The number of hydrogen-bond donors (Lipinski definition) is 2. The molecule has 7 heteroatoms. The number of nitrogens with one attached hydrogen (secondary N) is 2. The average Bonchev–Trinajstić information content (AvgIpc) is 2.75. The van der Waals surface area contributed by atoms with E-state index in [1.165, 1.54) is 4.31 Å². The standard InChI is InChI=1S/C12H24N4O2S/c1-5-8-16(7-3)19(17,18)12-10(4)14-15-11(12)9-13-6-2/h13H,5-9H2,1-4H3,(H,14,15). The van der Waals surface area contributed by atoms with Gasteiger partial charge in [-0.15, -0.1) is 0 Å². The molecule has 1 aromatic heterocycles. The van der Waals surface area contributed by atoms with E-state index >= 15 is 0 Å². The minimum Gasteiger partial charge on any atom is -0.311 e. The molecule has 0 saturated heterocycles. The van der Waals surface area contributed by atoms with E-state index in [0.717, 1.165) is 13.0 Å². The summed E-state index contributed by atoms with van der Waals surface area (Å²) in [5, 5.41) is 9.99. The number of rotatable bonds is 8. The molecule has 0 bridgehead atoms. The third-order valence-electron chi connectivity index (χ3n) is 2.93. The summed E-state index contributed by atoms with van der Waals surface area (Å²) in [5.41, 5.74) is 1.16. The normalized spacial score (nSPS) is 12.3. The van der Waals surface area contributed by atoms with E-state index in [2.05, 4.69) is 15.5 Å². The lowest BCUT2D eigenvalue weighted by molar-refractivity contribution is 0.426. The van der Waals surface area contributed by atoms with Crippen LogP contribution in [0.4, 0.5) is 0 Å². The van der Waals surface area contributed by atoms with Crippen molar-refractivity contribution in [3.05, 3.63) is 11.4 Å². The van der Waals surface area contributed by atoms with Crippen LogP contribution in [0, 0.1) is 6.92 Å². The highest BCUT2D eigenvalue weighted by molar-refractivity contribution is 7.89. The summed E-state index contributed by atoms with van der Waals surface area (Å²) in [6.45, 7) is 9.78. The number of nitrogens with zero attached hydrogens (tertiary/aromatic N) is 2. The lowest BCUT2D eigenvalue weighted by atomic mass is 10.3. The molecule has 0 aliphatic heterocycles. The molecule has 0 aromatic carbocycles. The Kier molecular flexibility index (Phi) is 5.96. The highest BCUT2D eigenvalue weighted by atomic mass is 32.2. The largest absolute Gasteiger partial charge is 0.311 e. The second-order valence-corrected chi connectivity index (χ2v) is 6.28. The molecule has 0 radical (unpaired) electrons. The molecule has 6 nitrogen and oxygen atoms in total. The van der Waals surface area contributed by atoms with Gasteiger partial charge in [-0.3, -0.25) is 5.10 Å². The monoisotopic (exact) mass is 288 g/mol. The molecule has 0 fully saturated rings. The van der Waals surface area contributed by atoms with Gasteiger partial charge in [0.2, 0.25) is 10.0 Å². The van der Waals surface area contributed by atoms with E-state index in [1.54, 1.807) is 6.92 Å². The first kappa shape index (κ1) is 16.1. The zero-order chi connectivity index (χ0) is 14.5. The van der Waals surface area contributed by atoms with Gasteiger partial charge in [-0.1, -0.05) is 20.8 Å². The van der Waals surface area contributed by atoms with E-state index in [0.29, 0.717) is 35.9 Å². The molecule has 19 heavy (non-hydrogen) atoms. The Hall–Kier alpha value is -0.920. The van der Waals surface area contributed by atoms with Crippen molar-refractivity contribution in [1.82, 2.24) is 19.8 Å². The Bertz CT molecular complexity index is 496. The second-order valence-electron chi connectivity index (χ2n) is 4.40. The molecule has 0 unspecified atom stereocenters. The zero-order valence-corrected chi connectivity index (χ0v) is 13.0. The smallest absolute Gasteiger partial charge is 0.246 e. The molecule has 0 saturated carbocycles. The second kappa shape index (κ2) is 7.02. The summed E-state index contributed by atoms with van der Waals surface area (Å²) >= 11 is 0. The Morgan fingerprint density at radius 3 is 2.53 bits per heavy atom. The highest BCUT2D eigenvalue weighted by Gasteiger charge is 2.29. The summed E-state index contributed by atoms with van der Waals surface area (Å²) in [5.74, 6) is 0. The van der Waals surface area contributed by atoms with Crippen LogP contribution in [0.15, 0.2) is 4.90 Å². The maximum Gasteiger partial charge on any atom is 0.246 e. The van der Waals surface area contributed by atoms with Gasteiger partial charge >= 0.3 is 0 Å². The molecule has 110 valence electrons. The van der Waals surface area contributed by atoms with Crippen molar-refractivity contribution < 1.29 is 8.42 Å². The molecule has 2 N–H and O–H groups in total. The lowest BCUT2D eigenvalue weighted by Gasteiger charge is -2.20. The van der Waals surface area contributed by atoms with Crippen LogP contribution in [-0.2, 0) is 16.6 Å². The van der Waals surface area contributed by atoms with Crippen LogP contribution in [0.2, 0.25) is 0 Å². The minimum atomic E-state index is -3.46. The van der Waals surface area contributed by atoms with E-state index in [1.807, 2.05) is 20.8 Å². The maximum atomic E-state index is 12.7. The van der Waals surface area contributed by atoms with Crippen LogP contribution in [0.25, 0.3) is 0 Å². The number of hydrogen-bond acceptors (Lipinski definition) is 4. The number of aromatic amines is 1. The van der Waals surface area contributed by atoms with E-state index in [4.69, 9.17) is 0 Å². The third kappa shape index (κ3) is 3.55. The topological polar surface area (TPSA) is 78.1 Å². The summed E-state index contributed by atoms with van der Waals surface area (Å²) in [7, 11) is -3.46. The first-order chi connectivity index (χ1) is 8.98. The van der Waals surface area contributed by atoms with Gasteiger partial charge in [0, 0.05) is 19.6 Å². The Morgan fingerprint density at radius 1 is 1.32 bits per heavy atom. The van der Waals surface area contributed by atoms with Crippen LogP contribution < -0.4 is 5.32 Å². The number of sulfonamides is 1. The van der Waals surface area contributed by atoms with E-state index in [-0.39, 0.29) is 0 Å². The summed E-state index contributed by atoms with van der Waals surface area (Å²) in [4.78, 5) is 0.323. The fourth-order valence-corrected chi connectivity index (χ4v) is 3.87. The van der Waals surface area contributed by atoms with Crippen LogP contribution in [0.3, 0.4) is 0 Å². The van der Waals surface area contributed by atoms with Crippen molar-refractivity contribution in [2.24, 2.45) is 0 Å². The summed E-state index contributed by atoms with van der Waals surface area (Å²) in [6.07, 6.45) is 0.798. The van der Waals surface area contributed by atoms with Gasteiger partial charge in [0.15, 0.2) is 0 Å². The SMILES string of the molecule is CCCN(CC)S(=O)(=O)c1c(CNCC)n[nH]c1C. The average molecular weight is 288 g/mol. The van der Waals surface area contributed by atoms with Gasteiger partial charge < -0.3 is 5.32 Å². The van der Waals surface area contributed by atoms with Gasteiger partial charge in [-0.05, 0) is 19.9 Å². The van der Waals surface area contributed by atoms with Gasteiger partial charge in [0.1, 0.15) is 4.90 Å². The molecule has 0 atom stereocenters. The third-order valence-corrected chi connectivity index (χ3v) is 5.11. The molecular formula is C12H24N4O2S. The van der Waals surface area contributed by atoms with Gasteiger partial charge in [0.05, 0.1) is 11.4 Å². The first-order valence-corrected chi connectivity index (χ1v) is 8.17. The zero-order valence-electron chi connectivity index (χ0n) is 12.2. The van der Waals surface area contributed by atoms with Gasteiger partial charge in [-0.25, -0.2) is 8.42 Å². The molecule has 1 rings (SSSR count). The lowest BCUT2D eigenvalue weighted by Crippen LogP contribution is -2.32. The van der Waals surface area contributed by atoms with Gasteiger partial charge in [-0.2, -0.15) is 9.40 Å². The van der Waals surface area contributed by atoms with Gasteiger partial charge in [0.25, 0.3) is 0 Å². The van der Waals surface area contributed by atoms with E-state index < -0.39 is 10.0 Å². The van der Waals surface area contributed by atoms with Crippen molar-refractivity contribution in [3.8, 4) is 0 Å². The predicted molar refractivity (Wildman–Crippen MR) is 75.4 cm³/mol. The molecule has 0 amide bonds. The molecular weight excluding hydrogens is 264 g/mol. The van der Waals surface area contributed by atoms with Crippen molar-refractivity contribution in [1.29, 1.82) is 0 Å². The molecule has 1 heterocycles. The van der Waals surface area contributed by atoms with Crippen molar-refractivity contribution in [3.63, 3.8) is 0 Å². The maximum absolute atomic E-state index is 12.7. The highest BCUT2D eigenvalue weighted by Crippen LogP contribution is 2.22. The van der Waals surface area contributed by atoms with Crippen LogP contribution in [0.1, 0.15) is 38.6 Å². The summed E-state index contributed by atoms with van der Waals surface area (Å²) < 4.78 is 26.8. The van der Waals surface area contributed by atoms with Crippen LogP contribution in [0.5, 0.6) is 0 Å². The van der Waals surface area contributed by atoms with Crippen molar-refractivity contribution in [2.45, 2.75) is 45.6 Å². The molecule has 0 spiro atoms. The predicted octanol–water partition coefficient (Wildman–Crippen LogP) is 1.25. The molecule has 0 aliphatic carbocycles. The van der Waals surface area contributed by atoms with E-state index in [9.17, 15) is 8.42 Å². The Balaban J connectivity index is 3.15. The quantitative estimate of drug-likeness (QED) is 0.754. The fraction of sp³-hybridized carbons (Fsp3) is 0.750. The Labute approximate surface area is 115 Å².